The Morgan fingerprint density at radius 1 is 1.03 bits per heavy atom. The molecule has 2 aromatic rings. The standard InChI is InChI=1S/C23H27N5O4/c1-31-19-6-5-16(13-20(19)32-2)18-7-8-25-21(26-18)14-17(24)23(30)28-11-9-27(10-12-28)22(29)15-3-4-15/h5-8,13-15H,3-4,9-12,24H2,1-2H3. The topological polar surface area (TPSA) is 111 Å². The molecule has 32 heavy (non-hydrogen) atoms. The zero-order chi connectivity index (χ0) is 22.7. The molecule has 2 N–H and O–H groups in total. The third kappa shape index (κ3) is 4.66. The number of benzene rings is 1. The minimum atomic E-state index is -0.274. The summed E-state index contributed by atoms with van der Waals surface area (Å²) in [4.78, 5) is 37.2. The molecule has 9 nitrogen and oxygen atoms in total. The van der Waals surface area contributed by atoms with Crippen LogP contribution in [-0.4, -0.2) is 72.0 Å². The lowest BCUT2D eigenvalue weighted by molar-refractivity contribution is -0.138. The van der Waals surface area contributed by atoms with Crippen molar-refractivity contribution in [2.75, 3.05) is 40.4 Å². The summed E-state index contributed by atoms with van der Waals surface area (Å²) in [6.45, 7) is 2.02. The summed E-state index contributed by atoms with van der Waals surface area (Å²) in [5, 5.41) is 0. The molecule has 168 valence electrons. The number of aromatic nitrogens is 2. The molecule has 0 radical (unpaired) electrons. The Bertz CT molecular complexity index is 1040. The number of hydrogen-bond donors (Lipinski definition) is 1. The first-order chi connectivity index (χ1) is 15.5. The lowest BCUT2D eigenvalue weighted by Gasteiger charge is -2.34. The molecule has 2 amide bonds. The highest BCUT2D eigenvalue weighted by Gasteiger charge is 2.35. The van der Waals surface area contributed by atoms with Crippen LogP contribution in [0.25, 0.3) is 17.3 Å². The van der Waals surface area contributed by atoms with Crippen molar-refractivity contribution >= 4 is 17.9 Å². The maximum atomic E-state index is 12.8. The van der Waals surface area contributed by atoms with Gasteiger partial charge < -0.3 is 25.0 Å². The van der Waals surface area contributed by atoms with Crippen LogP contribution in [0.2, 0.25) is 0 Å². The molecule has 1 aromatic heterocycles. The summed E-state index contributed by atoms with van der Waals surface area (Å²) in [5.41, 5.74) is 7.63. The summed E-state index contributed by atoms with van der Waals surface area (Å²) in [6.07, 6.45) is 5.06. The van der Waals surface area contributed by atoms with Crippen molar-refractivity contribution in [3.05, 3.63) is 42.0 Å². The first-order valence-corrected chi connectivity index (χ1v) is 10.6. The molecule has 0 atom stereocenters. The summed E-state index contributed by atoms with van der Waals surface area (Å²) < 4.78 is 10.6. The van der Waals surface area contributed by atoms with Crippen LogP contribution in [0.1, 0.15) is 18.7 Å². The van der Waals surface area contributed by atoms with Crippen molar-refractivity contribution in [1.82, 2.24) is 19.8 Å². The molecule has 1 saturated carbocycles. The van der Waals surface area contributed by atoms with Gasteiger partial charge in [-0.05, 0) is 37.1 Å². The molecule has 1 aliphatic heterocycles. The van der Waals surface area contributed by atoms with Crippen molar-refractivity contribution in [2.24, 2.45) is 11.7 Å². The number of methoxy groups -OCH3 is 2. The van der Waals surface area contributed by atoms with Crippen LogP contribution < -0.4 is 15.2 Å². The summed E-state index contributed by atoms with van der Waals surface area (Å²) in [6, 6.07) is 7.27. The molecular formula is C23H27N5O4. The Balaban J connectivity index is 1.44. The third-order valence-corrected chi connectivity index (χ3v) is 5.69. The number of ether oxygens (including phenoxy) is 2. The SMILES string of the molecule is COc1ccc(-c2ccnc(C=C(N)C(=O)N3CCN(C(=O)C4CC4)CC3)n2)cc1OC. The van der Waals surface area contributed by atoms with E-state index in [0.717, 1.165) is 18.4 Å². The van der Waals surface area contributed by atoms with E-state index in [1.165, 1.54) is 6.08 Å². The second-order valence-electron chi connectivity index (χ2n) is 7.86. The van der Waals surface area contributed by atoms with Crippen LogP contribution in [0, 0.1) is 5.92 Å². The Morgan fingerprint density at radius 3 is 2.38 bits per heavy atom. The maximum Gasteiger partial charge on any atom is 0.269 e. The van der Waals surface area contributed by atoms with Crippen molar-refractivity contribution in [2.45, 2.75) is 12.8 Å². The molecule has 0 unspecified atom stereocenters. The number of amides is 2. The molecule has 1 saturated heterocycles. The van der Waals surface area contributed by atoms with Gasteiger partial charge in [0, 0.05) is 49.9 Å². The highest BCUT2D eigenvalue weighted by molar-refractivity contribution is 5.96. The number of carbonyl (C=O) groups is 2. The smallest absolute Gasteiger partial charge is 0.269 e. The second-order valence-corrected chi connectivity index (χ2v) is 7.86. The number of nitrogens with zero attached hydrogens (tertiary/aromatic N) is 4. The van der Waals surface area contributed by atoms with Gasteiger partial charge in [-0.3, -0.25) is 9.59 Å². The molecule has 2 fully saturated rings. The molecule has 9 heteroatoms. The Kier molecular flexibility index (Phi) is 6.25. The Labute approximate surface area is 186 Å². The minimum absolute atomic E-state index is 0.0661. The fourth-order valence-electron chi connectivity index (χ4n) is 3.70. The fourth-order valence-corrected chi connectivity index (χ4v) is 3.70. The van der Waals surface area contributed by atoms with E-state index in [-0.39, 0.29) is 23.4 Å². The van der Waals surface area contributed by atoms with E-state index in [9.17, 15) is 9.59 Å². The summed E-state index contributed by atoms with van der Waals surface area (Å²) in [5.74, 6) is 1.68. The molecule has 0 bridgehead atoms. The first-order valence-electron chi connectivity index (χ1n) is 10.6. The monoisotopic (exact) mass is 437 g/mol. The van der Waals surface area contributed by atoms with Gasteiger partial charge >= 0.3 is 0 Å². The van der Waals surface area contributed by atoms with Gasteiger partial charge in [0.1, 0.15) is 5.70 Å². The lowest BCUT2D eigenvalue weighted by atomic mass is 10.1. The van der Waals surface area contributed by atoms with Crippen LogP contribution in [0.15, 0.2) is 36.2 Å². The van der Waals surface area contributed by atoms with Crippen LogP contribution in [0.5, 0.6) is 11.5 Å². The number of piperazine rings is 1. The largest absolute Gasteiger partial charge is 0.493 e. The van der Waals surface area contributed by atoms with Gasteiger partial charge in [-0.1, -0.05) is 0 Å². The average Bonchev–Trinajstić information content (AvgIpc) is 3.68. The molecule has 1 aliphatic carbocycles. The van der Waals surface area contributed by atoms with Gasteiger partial charge in [-0.25, -0.2) is 9.97 Å². The first kappa shape index (κ1) is 21.6. The van der Waals surface area contributed by atoms with Crippen LogP contribution >= 0.6 is 0 Å². The molecule has 2 heterocycles. The van der Waals surface area contributed by atoms with E-state index in [0.29, 0.717) is 49.2 Å². The normalized spacial score (nSPS) is 16.6. The molecular weight excluding hydrogens is 410 g/mol. The van der Waals surface area contributed by atoms with Gasteiger partial charge in [0.15, 0.2) is 17.3 Å². The summed E-state index contributed by atoms with van der Waals surface area (Å²) in [7, 11) is 3.15. The van der Waals surface area contributed by atoms with Gasteiger partial charge in [-0.2, -0.15) is 0 Å². The van der Waals surface area contributed by atoms with Crippen LogP contribution in [0.3, 0.4) is 0 Å². The third-order valence-electron chi connectivity index (χ3n) is 5.69. The van der Waals surface area contributed by atoms with Crippen molar-refractivity contribution in [1.29, 1.82) is 0 Å². The highest BCUT2D eigenvalue weighted by Crippen LogP contribution is 2.32. The fraction of sp³-hybridized carbons (Fsp3) is 0.391. The zero-order valence-electron chi connectivity index (χ0n) is 18.3. The zero-order valence-corrected chi connectivity index (χ0v) is 18.3. The number of hydrogen-bond acceptors (Lipinski definition) is 7. The quantitative estimate of drug-likeness (QED) is 0.683. The molecule has 2 aliphatic rings. The number of nitrogens with two attached hydrogens (primary N) is 1. The molecule has 1 aromatic carbocycles. The average molecular weight is 438 g/mol. The predicted molar refractivity (Wildman–Crippen MR) is 119 cm³/mol. The maximum absolute atomic E-state index is 12.8. The van der Waals surface area contributed by atoms with Gasteiger partial charge in [0.05, 0.1) is 19.9 Å². The Hall–Kier alpha value is -3.62. The number of rotatable bonds is 6. The van der Waals surface area contributed by atoms with E-state index in [4.69, 9.17) is 15.2 Å². The van der Waals surface area contributed by atoms with Crippen LogP contribution in [0.4, 0.5) is 0 Å². The Morgan fingerprint density at radius 2 is 1.72 bits per heavy atom. The van der Waals surface area contributed by atoms with Gasteiger partial charge in [0.25, 0.3) is 5.91 Å². The van der Waals surface area contributed by atoms with E-state index >= 15 is 0 Å². The van der Waals surface area contributed by atoms with Crippen LogP contribution in [-0.2, 0) is 9.59 Å². The predicted octanol–water partition coefficient (Wildman–Crippen LogP) is 1.54. The van der Waals surface area contributed by atoms with E-state index in [1.807, 2.05) is 17.0 Å². The minimum Gasteiger partial charge on any atom is -0.493 e. The van der Waals surface area contributed by atoms with Crippen molar-refractivity contribution < 1.29 is 19.1 Å². The second kappa shape index (κ2) is 9.25. The van der Waals surface area contributed by atoms with Gasteiger partial charge in [0.2, 0.25) is 5.91 Å². The van der Waals surface area contributed by atoms with Gasteiger partial charge in [-0.15, -0.1) is 0 Å². The van der Waals surface area contributed by atoms with E-state index < -0.39 is 0 Å². The lowest BCUT2D eigenvalue weighted by Crippen LogP contribution is -2.51. The summed E-state index contributed by atoms with van der Waals surface area (Å²) >= 11 is 0. The molecule has 0 spiro atoms. The molecule has 4 rings (SSSR count). The highest BCUT2D eigenvalue weighted by atomic mass is 16.5. The van der Waals surface area contributed by atoms with Crippen molar-refractivity contribution in [3.8, 4) is 22.8 Å². The number of carbonyl (C=O) groups excluding carboxylic acids is 2. The van der Waals surface area contributed by atoms with Crippen molar-refractivity contribution in [3.63, 3.8) is 0 Å². The van der Waals surface area contributed by atoms with E-state index in [2.05, 4.69) is 9.97 Å². The van der Waals surface area contributed by atoms with E-state index in [1.54, 1.807) is 37.4 Å².